The number of nitrogens with zero attached hydrogens (tertiary/aromatic N) is 1. The SMILES string of the molecule is CCC(C)(CC(=O)c1ccc2ccccc2c1OCc1nc2cc(F)ccc2s1)C(=O)O. The molecule has 1 unspecified atom stereocenters. The predicted molar refractivity (Wildman–Crippen MR) is 123 cm³/mol. The second-order valence-electron chi connectivity index (χ2n) is 7.99. The molecule has 4 rings (SSSR count). The van der Waals surface area contributed by atoms with Gasteiger partial charge in [-0.15, -0.1) is 11.3 Å². The zero-order valence-corrected chi connectivity index (χ0v) is 18.5. The standard InChI is InChI=1S/C25H22FNO4S/c1-3-25(2,24(29)30)13-20(28)18-10-8-15-6-4-5-7-17(15)23(18)31-14-22-27-19-12-16(26)9-11-21(19)32-22/h4-12H,3,13-14H2,1-2H3,(H,29,30). The third kappa shape index (κ3) is 4.21. The molecule has 0 saturated carbocycles. The fourth-order valence-corrected chi connectivity index (χ4v) is 4.42. The number of aromatic nitrogens is 1. The van der Waals surface area contributed by atoms with Crippen molar-refractivity contribution in [2.45, 2.75) is 33.3 Å². The number of rotatable bonds is 8. The van der Waals surface area contributed by atoms with Crippen molar-refractivity contribution < 1.29 is 23.8 Å². The van der Waals surface area contributed by atoms with Gasteiger partial charge in [0, 0.05) is 17.9 Å². The van der Waals surface area contributed by atoms with E-state index in [4.69, 9.17) is 4.74 Å². The van der Waals surface area contributed by atoms with Crippen LogP contribution in [0.3, 0.4) is 0 Å². The van der Waals surface area contributed by atoms with Crippen molar-refractivity contribution in [3.8, 4) is 5.75 Å². The first-order chi connectivity index (χ1) is 15.3. The molecule has 0 aliphatic carbocycles. The topological polar surface area (TPSA) is 76.5 Å². The van der Waals surface area contributed by atoms with E-state index in [-0.39, 0.29) is 24.6 Å². The monoisotopic (exact) mass is 451 g/mol. The maximum Gasteiger partial charge on any atom is 0.309 e. The molecular weight excluding hydrogens is 429 g/mol. The van der Waals surface area contributed by atoms with E-state index >= 15 is 0 Å². The summed E-state index contributed by atoms with van der Waals surface area (Å²) in [6.45, 7) is 3.45. The van der Waals surface area contributed by atoms with Gasteiger partial charge in [-0.05, 0) is 36.9 Å². The van der Waals surface area contributed by atoms with Gasteiger partial charge < -0.3 is 9.84 Å². The van der Waals surface area contributed by atoms with Gasteiger partial charge in [0.05, 0.1) is 21.2 Å². The van der Waals surface area contributed by atoms with Gasteiger partial charge >= 0.3 is 5.97 Å². The summed E-state index contributed by atoms with van der Waals surface area (Å²) in [6, 6.07) is 15.5. The number of hydrogen-bond donors (Lipinski definition) is 1. The van der Waals surface area contributed by atoms with Crippen molar-refractivity contribution >= 4 is 44.1 Å². The molecule has 0 fully saturated rings. The second-order valence-corrected chi connectivity index (χ2v) is 9.11. The Morgan fingerprint density at radius 2 is 1.94 bits per heavy atom. The average molecular weight is 452 g/mol. The molecule has 5 nitrogen and oxygen atoms in total. The van der Waals surface area contributed by atoms with Crippen LogP contribution in [0.2, 0.25) is 0 Å². The maximum atomic E-state index is 13.5. The molecule has 1 N–H and O–H groups in total. The molecule has 0 radical (unpaired) electrons. The number of carboxylic acid groups (broad SMARTS) is 1. The van der Waals surface area contributed by atoms with Crippen LogP contribution in [0, 0.1) is 11.2 Å². The Balaban J connectivity index is 1.69. The van der Waals surface area contributed by atoms with Gasteiger partial charge in [0.15, 0.2) is 5.78 Å². The number of Topliss-reactive ketones (excluding diaryl/α,β-unsaturated/α-hetero) is 1. The molecule has 164 valence electrons. The maximum absolute atomic E-state index is 13.5. The third-order valence-corrected chi connectivity index (χ3v) is 6.77. The van der Waals surface area contributed by atoms with Gasteiger partial charge in [0.25, 0.3) is 0 Å². The van der Waals surface area contributed by atoms with Gasteiger partial charge in [-0.1, -0.05) is 37.3 Å². The highest BCUT2D eigenvalue weighted by atomic mass is 32.1. The molecule has 0 aliphatic rings. The number of hydrogen-bond acceptors (Lipinski definition) is 5. The predicted octanol–water partition coefficient (Wildman–Crippen LogP) is 6.24. The largest absolute Gasteiger partial charge is 0.485 e. The lowest BCUT2D eigenvalue weighted by molar-refractivity contribution is -0.148. The first kappa shape index (κ1) is 21.9. The van der Waals surface area contributed by atoms with Crippen molar-refractivity contribution in [2.75, 3.05) is 0 Å². The van der Waals surface area contributed by atoms with Gasteiger partial charge in [-0.3, -0.25) is 9.59 Å². The van der Waals surface area contributed by atoms with E-state index in [2.05, 4.69) is 4.98 Å². The first-order valence-electron chi connectivity index (χ1n) is 10.3. The molecule has 0 saturated heterocycles. The average Bonchev–Trinajstić information content (AvgIpc) is 3.18. The number of ether oxygens (including phenoxy) is 1. The summed E-state index contributed by atoms with van der Waals surface area (Å²) in [6.07, 6.45) is 0.202. The van der Waals surface area contributed by atoms with Crippen LogP contribution in [0.1, 0.15) is 42.1 Å². The van der Waals surface area contributed by atoms with Crippen LogP contribution < -0.4 is 4.74 Å². The quantitative estimate of drug-likeness (QED) is 0.321. The summed E-state index contributed by atoms with van der Waals surface area (Å²) in [7, 11) is 0. The Kier molecular flexibility index (Phi) is 5.93. The molecule has 1 heterocycles. The number of halogens is 1. The summed E-state index contributed by atoms with van der Waals surface area (Å²) in [4.78, 5) is 29.3. The number of carbonyl (C=O) groups is 2. The number of benzene rings is 3. The number of carboxylic acids is 1. The Bertz CT molecular complexity index is 1330. The molecule has 4 aromatic rings. The Morgan fingerprint density at radius 3 is 2.69 bits per heavy atom. The number of carbonyl (C=O) groups excluding carboxylic acids is 1. The Morgan fingerprint density at radius 1 is 1.16 bits per heavy atom. The molecule has 1 aromatic heterocycles. The van der Waals surface area contributed by atoms with Crippen molar-refractivity contribution in [3.05, 3.63) is 71.0 Å². The van der Waals surface area contributed by atoms with E-state index in [9.17, 15) is 19.1 Å². The van der Waals surface area contributed by atoms with E-state index in [0.29, 0.717) is 28.3 Å². The summed E-state index contributed by atoms with van der Waals surface area (Å²) < 4.78 is 20.4. The van der Waals surface area contributed by atoms with Crippen molar-refractivity contribution in [3.63, 3.8) is 0 Å². The highest BCUT2D eigenvalue weighted by Gasteiger charge is 2.35. The van der Waals surface area contributed by atoms with Crippen LogP contribution in [-0.4, -0.2) is 21.8 Å². The number of ketones is 1. The van der Waals surface area contributed by atoms with Crippen LogP contribution in [-0.2, 0) is 11.4 Å². The number of aliphatic carboxylic acids is 1. The fraction of sp³-hybridized carbons (Fsp3) is 0.240. The molecule has 1 atom stereocenters. The fourth-order valence-electron chi connectivity index (χ4n) is 3.56. The lowest BCUT2D eigenvalue weighted by Gasteiger charge is -2.22. The molecule has 0 amide bonds. The lowest BCUT2D eigenvalue weighted by atomic mass is 9.81. The van der Waals surface area contributed by atoms with Gasteiger partial charge in [0.2, 0.25) is 0 Å². The normalized spacial score (nSPS) is 13.2. The highest BCUT2D eigenvalue weighted by molar-refractivity contribution is 7.18. The van der Waals surface area contributed by atoms with Crippen LogP contribution in [0.15, 0.2) is 54.6 Å². The van der Waals surface area contributed by atoms with E-state index in [0.717, 1.165) is 15.5 Å². The molecule has 0 bridgehead atoms. The van der Waals surface area contributed by atoms with Crippen LogP contribution in [0.5, 0.6) is 5.75 Å². The molecule has 3 aromatic carbocycles. The highest BCUT2D eigenvalue weighted by Crippen LogP contribution is 2.35. The van der Waals surface area contributed by atoms with Gasteiger partial charge in [0.1, 0.15) is 23.2 Å². The van der Waals surface area contributed by atoms with Crippen molar-refractivity contribution in [2.24, 2.45) is 5.41 Å². The minimum atomic E-state index is -1.16. The molecule has 0 aliphatic heterocycles. The second kappa shape index (κ2) is 8.67. The van der Waals surface area contributed by atoms with Crippen molar-refractivity contribution in [1.29, 1.82) is 0 Å². The summed E-state index contributed by atoms with van der Waals surface area (Å²) >= 11 is 1.40. The molecule has 0 spiro atoms. The zero-order chi connectivity index (χ0) is 22.9. The van der Waals surface area contributed by atoms with Crippen LogP contribution in [0.25, 0.3) is 21.0 Å². The van der Waals surface area contributed by atoms with Crippen molar-refractivity contribution in [1.82, 2.24) is 4.98 Å². The minimum absolute atomic E-state index is 0.110. The van der Waals surface area contributed by atoms with E-state index in [1.54, 1.807) is 26.0 Å². The van der Waals surface area contributed by atoms with Gasteiger partial charge in [-0.2, -0.15) is 0 Å². The van der Waals surface area contributed by atoms with Gasteiger partial charge in [-0.25, -0.2) is 9.37 Å². The third-order valence-electron chi connectivity index (χ3n) is 5.76. The molecular formula is C25H22FNO4S. The lowest BCUT2D eigenvalue weighted by Crippen LogP contribution is -2.29. The van der Waals surface area contributed by atoms with E-state index in [1.807, 2.05) is 30.3 Å². The van der Waals surface area contributed by atoms with E-state index < -0.39 is 11.4 Å². The summed E-state index contributed by atoms with van der Waals surface area (Å²) in [5.74, 6) is -1.24. The minimum Gasteiger partial charge on any atom is -0.485 e. The number of fused-ring (bicyclic) bond motifs is 2. The summed E-state index contributed by atoms with van der Waals surface area (Å²) in [5, 5.41) is 11.9. The first-order valence-corrected chi connectivity index (χ1v) is 11.1. The Labute approximate surface area is 188 Å². The number of thiazole rings is 1. The summed E-state index contributed by atoms with van der Waals surface area (Å²) in [5.41, 5.74) is -0.253. The molecule has 32 heavy (non-hydrogen) atoms. The van der Waals surface area contributed by atoms with Crippen LogP contribution in [0.4, 0.5) is 4.39 Å². The molecule has 7 heteroatoms. The smallest absolute Gasteiger partial charge is 0.309 e. The van der Waals surface area contributed by atoms with Crippen LogP contribution >= 0.6 is 11.3 Å². The zero-order valence-electron chi connectivity index (χ0n) is 17.7. The Hall–Kier alpha value is -3.32. The van der Waals surface area contributed by atoms with E-state index in [1.165, 1.54) is 23.5 Å².